The zero-order chi connectivity index (χ0) is 19.9. The summed E-state index contributed by atoms with van der Waals surface area (Å²) in [5.41, 5.74) is 1.84. The number of nitrogens with zero attached hydrogens (tertiary/aromatic N) is 2. The van der Waals surface area contributed by atoms with Crippen molar-refractivity contribution >= 4 is 11.9 Å². The van der Waals surface area contributed by atoms with Gasteiger partial charge in [0.1, 0.15) is 0 Å². The summed E-state index contributed by atoms with van der Waals surface area (Å²) in [4.78, 5) is 18.8. The van der Waals surface area contributed by atoms with Crippen molar-refractivity contribution in [2.24, 2.45) is 4.99 Å². The second-order valence-electron chi connectivity index (χ2n) is 6.45. The summed E-state index contributed by atoms with van der Waals surface area (Å²) >= 11 is 0. The maximum atomic E-state index is 11.7. The van der Waals surface area contributed by atoms with Crippen molar-refractivity contribution in [3.05, 3.63) is 35.4 Å². The molecule has 27 heavy (non-hydrogen) atoms. The highest BCUT2D eigenvalue weighted by molar-refractivity contribution is 5.94. The first-order valence-corrected chi connectivity index (χ1v) is 10.2. The highest BCUT2D eigenvalue weighted by Gasteiger charge is 2.04. The van der Waals surface area contributed by atoms with Gasteiger partial charge in [0, 0.05) is 32.2 Å². The maximum absolute atomic E-state index is 11.7. The largest absolute Gasteiger partial charge is 0.357 e. The minimum Gasteiger partial charge on any atom is -0.357 e. The zero-order valence-electron chi connectivity index (χ0n) is 17.5. The summed E-state index contributed by atoms with van der Waals surface area (Å²) in [6.07, 6.45) is 3.12. The number of guanidine groups is 1. The Kier molecular flexibility index (Phi) is 11.9. The Hall–Kier alpha value is -2.08. The first-order valence-electron chi connectivity index (χ1n) is 10.2. The van der Waals surface area contributed by atoms with Crippen LogP contribution in [0.2, 0.25) is 0 Å². The van der Waals surface area contributed by atoms with Crippen LogP contribution >= 0.6 is 0 Å². The number of rotatable bonds is 12. The van der Waals surface area contributed by atoms with Gasteiger partial charge in [-0.1, -0.05) is 26.0 Å². The Labute approximate surface area is 164 Å². The van der Waals surface area contributed by atoms with E-state index in [1.54, 1.807) is 7.05 Å². The van der Waals surface area contributed by atoms with E-state index in [1.165, 1.54) is 6.42 Å². The van der Waals surface area contributed by atoms with Crippen molar-refractivity contribution in [2.45, 2.75) is 40.0 Å². The Balaban J connectivity index is 2.40. The van der Waals surface area contributed by atoms with E-state index < -0.39 is 0 Å². The molecule has 152 valence electrons. The fourth-order valence-electron chi connectivity index (χ4n) is 2.86. The quantitative estimate of drug-likeness (QED) is 0.298. The van der Waals surface area contributed by atoms with Crippen LogP contribution < -0.4 is 16.0 Å². The predicted molar refractivity (Wildman–Crippen MR) is 115 cm³/mol. The van der Waals surface area contributed by atoms with E-state index >= 15 is 0 Å². The molecule has 0 aliphatic carbocycles. The third-order valence-electron chi connectivity index (χ3n) is 4.51. The maximum Gasteiger partial charge on any atom is 0.251 e. The van der Waals surface area contributed by atoms with Crippen molar-refractivity contribution in [3.8, 4) is 0 Å². The van der Waals surface area contributed by atoms with Crippen molar-refractivity contribution in [1.29, 1.82) is 0 Å². The van der Waals surface area contributed by atoms with Gasteiger partial charge in [0.05, 0.1) is 0 Å². The zero-order valence-corrected chi connectivity index (χ0v) is 17.5. The Morgan fingerprint density at radius 1 is 1.11 bits per heavy atom. The van der Waals surface area contributed by atoms with Gasteiger partial charge < -0.3 is 20.9 Å². The van der Waals surface area contributed by atoms with E-state index in [1.807, 2.05) is 24.3 Å². The number of unbranched alkanes of at least 4 members (excludes halogenated alkanes) is 1. The fourth-order valence-corrected chi connectivity index (χ4v) is 2.86. The summed E-state index contributed by atoms with van der Waals surface area (Å²) in [6, 6.07) is 7.75. The molecule has 0 unspecified atom stereocenters. The Morgan fingerprint density at radius 3 is 2.56 bits per heavy atom. The highest BCUT2D eigenvalue weighted by Crippen LogP contribution is 2.05. The van der Waals surface area contributed by atoms with Crippen LogP contribution in [0.25, 0.3) is 0 Å². The molecule has 0 spiro atoms. The average Bonchev–Trinajstić information content (AvgIpc) is 2.70. The van der Waals surface area contributed by atoms with Gasteiger partial charge in [-0.2, -0.15) is 0 Å². The monoisotopic (exact) mass is 375 g/mol. The molecule has 1 amide bonds. The van der Waals surface area contributed by atoms with Gasteiger partial charge in [0.15, 0.2) is 5.96 Å². The molecule has 6 heteroatoms. The molecule has 1 rings (SSSR count). The normalized spacial score (nSPS) is 11.5. The van der Waals surface area contributed by atoms with Crippen LogP contribution in [-0.4, -0.2) is 63.1 Å². The third-order valence-corrected chi connectivity index (χ3v) is 4.51. The van der Waals surface area contributed by atoms with E-state index in [-0.39, 0.29) is 5.91 Å². The van der Waals surface area contributed by atoms with Crippen LogP contribution in [0.3, 0.4) is 0 Å². The van der Waals surface area contributed by atoms with E-state index in [2.05, 4.69) is 46.6 Å². The van der Waals surface area contributed by atoms with Gasteiger partial charge in [-0.3, -0.25) is 9.79 Å². The fraction of sp³-hybridized carbons (Fsp3) is 0.619. The van der Waals surface area contributed by atoms with Gasteiger partial charge in [-0.25, -0.2) is 0 Å². The van der Waals surface area contributed by atoms with Crippen LogP contribution in [0.15, 0.2) is 29.3 Å². The van der Waals surface area contributed by atoms with Crippen LogP contribution in [0.1, 0.15) is 49.5 Å². The molecule has 1 aromatic carbocycles. The molecule has 3 N–H and O–H groups in total. The number of carbonyl (C=O) groups is 1. The van der Waals surface area contributed by atoms with E-state index in [9.17, 15) is 4.79 Å². The molecule has 0 saturated carbocycles. The predicted octanol–water partition coefficient (Wildman–Crippen LogP) is 2.27. The SMILES string of the molecule is CCNC(=NCCCCN(CC)CC)NCCc1cccc(C(=O)NC)c1. The molecule has 0 atom stereocenters. The van der Waals surface area contributed by atoms with E-state index in [0.29, 0.717) is 5.56 Å². The Bertz CT molecular complexity index is 569. The number of amides is 1. The molecule has 0 saturated heterocycles. The number of carbonyl (C=O) groups excluding carboxylic acids is 1. The molecule has 0 heterocycles. The van der Waals surface area contributed by atoms with Gasteiger partial charge in [0.2, 0.25) is 0 Å². The van der Waals surface area contributed by atoms with E-state index in [4.69, 9.17) is 0 Å². The van der Waals surface area contributed by atoms with Crippen LogP contribution in [0.4, 0.5) is 0 Å². The van der Waals surface area contributed by atoms with Gasteiger partial charge in [-0.05, 0) is 63.5 Å². The number of benzene rings is 1. The Morgan fingerprint density at radius 2 is 1.89 bits per heavy atom. The van der Waals surface area contributed by atoms with Crippen LogP contribution in [0.5, 0.6) is 0 Å². The summed E-state index contributed by atoms with van der Waals surface area (Å²) < 4.78 is 0. The second kappa shape index (κ2) is 14.0. The second-order valence-corrected chi connectivity index (χ2v) is 6.45. The van der Waals surface area contributed by atoms with Crippen LogP contribution in [-0.2, 0) is 6.42 Å². The summed E-state index contributed by atoms with van der Waals surface area (Å²) in [6.45, 7) is 12.3. The van der Waals surface area contributed by atoms with Crippen molar-refractivity contribution in [3.63, 3.8) is 0 Å². The number of hydrogen-bond donors (Lipinski definition) is 3. The molecule has 6 nitrogen and oxygen atoms in total. The minimum atomic E-state index is -0.0515. The summed E-state index contributed by atoms with van der Waals surface area (Å²) in [7, 11) is 1.65. The summed E-state index contributed by atoms with van der Waals surface area (Å²) in [5, 5.41) is 9.34. The average molecular weight is 376 g/mol. The lowest BCUT2D eigenvalue weighted by molar-refractivity contribution is 0.0963. The molecule has 0 aliphatic heterocycles. The van der Waals surface area contributed by atoms with E-state index in [0.717, 1.165) is 63.6 Å². The smallest absolute Gasteiger partial charge is 0.251 e. The lowest BCUT2D eigenvalue weighted by Gasteiger charge is -2.17. The molecule has 0 radical (unpaired) electrons. The highest BCUT2D eigenvalue weighted by atomic mass is 16.1. The number of nitrogens with one attached hydrogen (secondary N) is 3. The minimum absolute atomic E-state index is 0.0515. The van der Waals surface area contributed by atoms with Crippen molar-refractivity contribution in [1.82, 2.24) is 20.9 Å². The molecule has 0 aromatic heterocycles. The molecular weight excluding hydrogens is 338 g/mol. The number of aliphatic imine (C=N–C) groups is 1. The van der Waals surface area contributed by atoms with Gasteiger partial charge >= 0.3 is 0 Å². The molecule has 0 aliphatic rings. The number of hydrogen-bond acceptors (Lipinski definition) is 3. The van der Waals surface area contributed by atoms with Crippen LogP contribution in [0, 0.1) is 0 Å². The first-order chi connectivity index (χ1) is 13.1. The van der Waals surface area contributed by atoms with Gasteiger partial charge in [0.25, 0.3) is 5.91 Å². The van der Waals surface area contributed by atoms with Gasteiger partial charge in [-0.15, -0.1) is 0 Å². The topological polar surface area (TPSA) is 68.8 Å². The van der Waals surface area contributed by atoms with Crippen molar-refractivity contribution in [2.75, 3.05) is 46.3 Å². The lowest BCUT2D eigenvalue weighted by atomic mass is 10.1. The summed E-state index contributed by atoms with van der Waals surface area (Å²) in [5.74, 6) is 0.812. The molecule has 0 bridgehead atoms. The molecule has 1 aromatic rings. The third kappa shape index (κ3) is 9.43. The first kappa shape index (κ1) is 23.0. The molecular formula is C21H37N5O. The lowest BCUT2D eigenvalue weighted by Crippen LogP contribution is -2.38. The van der Waals surface area contributed by atoms with Crippen molar-refractivity contribution < 1.29 is 4.79 Å². The molecule has 0 fully saturated rings. The standard InChI is InChI=1S/C21H37N5O/c1-5-23-21(24-14-8-9-16-26(6-2)7-3)25-15-13-18-11-10-12-19(17-18)20(27)22-4/h10-12,17H,5-9,13-16H2,1-4H3,(H,22,27)(H2,23,24,25).